The number of amides is 3. The second-order valence-corrected chi connectivity index (χ2v) is 7.25. The van der Waals surface area contributed by atoms with E-state index in [1.54, 1.807) is 31.4 Å². The van der Waals surface area contributed by atoms with Gasteiger partial charge in [0, 0.05) is 6.54 Å². The lowest BCUT2D eigenvalue weighted by molar-refractivity contribution is -0.126. The van der Waals surface area contributed by atoms with Gasteiger partial charge in [-0.3, -0.25) is 19.3 Å². The standard InChI is InChI=1S/C23H26N2O4/c1-4-15(2)20(25-22(27)18-7-5-6-8-19(18)23(25)28)21(26)24-14-13-16-9-11-17(29-3)12-10-16/h5-12,15,20H,4,13-14H2,1-3H3,(H,24,26). The molecule has 1 N–H and O–H groups in total. The Morgan fingerprint density at radius 3 is 2.14 bits per heavy atom. The van der Waals surface area contributed by atoms with Crippen molar-refractivity contribution in [1.29, 1.82) is 0 Å². The zero-order valence-corrected chi connectivity index (χ0v) is 17.0. The molecule has 1 aliphatic rings. The number of ether oxygens (including phenoxy) is 1. The van der Waals surface area contributed by atoms with Crippen LogP contribution in [0.15, 0.2) is 48.5 Å². The third-order valence-corrected chi connectivity index (χ3v) is 5.43. The quantitative estimate of drug-likeness (QED) is 0.698. The summed E-state index contributed by atoms with van der Waals surface area (Å²) in [4.78, 5) is 39.8. The van der Waals surface area contributed by atoms with E-state index in [1.165, 1.54) is 0 Å². The zero-order valence-electron chi connectivity index (χ0n) is 17.0. The van der Waals surface area contributed by atoms with Crippen LogP contribution in [0, 0.1) is 5.92 Å². The Kier molecular flexibility index (Phi) is 6.32. The third-order valence-electron chi connectivity index (χ3n) is 5.43. The van der Waals surface area contributed by atoms with Crippen LogP contribution in [0.1, 0.15) is 46.5 Å². The van der Waals surface area contributed by atoms with Gasteiger partial charge in [-0.05, 0) is 42.2 Å². The smallest absolute Gasteiger partial charge is 0.262 e. The molecule has 3 amide bonds. The fraction of sp³-hybridized carbons (Fsp3) is 0.348. The van der Waals surface area contributed by atoms with Crippen molar-refractivity contribution in [3.63, 3.8) is 0 Å². The average Bonchev–Trinajstić information content (AvgIpc) is 2.99. The number of carbonyl (C=O) groups is 3. The summed E-state index contributed by atoms with van der Waals surface area (Å²) < 4.78 is 5.15. The predicted octanol–water partition coefficient (Wildman–Crippen LogP) is 3.06. The van der Waals surface area contributed by atoms with Gasteiger partial charge in [0.1, 0.15) is 11.8 Å². The van der Waals surface area contributed by atoms with E-state index >= 15 is 0 Å². The Labute approximate surface area is 170 Å². The van der Waals surface area contributed by atoms with Gasteiger partial charge in [-0.2, -0.15) is 0 Å². The first kappa shape index (κ1) is 20.6. The monoisotopic (exact) mass is 394 g/mol. The van der Waals surface area contributed by atoms with Gasteiger partial charge in [-0.25, -0.2) is 0 Å². The molecule has 2 atom stereocenters. The van der Waals surface area contributed by atoms with E-state index in [0.717, 1.165) is 16.2 Å². The zero-order chi connectivity index (χ0) is 21.0. The van der Waals surface area contributed by atoms with Crippen LogP contribution in [0.25, 0.3) is 0 Å². The topological polar surface area (TPSA) is 75.7 Å². The first-order valence-electron chi connectivity index (χ1n) is 9.85. The highest BCUT2D eigenvalue weighted by Gasteiger charge is 2.44. The summed E-state index contributed by atoms with van der Waals surface area (Å²) in [5.41, 5.74) is 1.78. The molecule has 0 saturated heterocycles. The predicted molar refractivity (Wildman–Crippen MR) is 110 cm³/mol. The number of imide groups is 1. The molecule has 2 unspecified atom stereocenters. The van der Waals surface area contributed by atoms with Crippen molar-refractivity contribution in [3.8, 4) is 5.75 Å². The van der Waals surface area contributed by atoms with Crippen LogP contribution in [-0.4, -0.2) is 42.3 Å². The maximum atomic E-state index is 13.0. The van der Waals surface area contributed by atoms with Gasteiger partial charge in [-0.15, -0.1) is 0 Å². The van der Waals surface area contributed by atoms with Gasteiger partial charge in [0.2, 0.25) is 5.91 Å². The van der Waals surface area contributed by atoms with E-state index in [2.05, 4.69) is 5.32 Å². The second-order valence-electron chi connectivity index (χ2n) is 7.25. The van der Waals surface area contributed by atoms with Gasteiger partial charge in [0.15, 0.2) is 0 Å². The molecule has 0 aliphatic carbocycles. The van der Waals surface area contributed by atoms with Crippen LogP contribution in [0.5, 0.6) is 5.75 Å². The minimum atomic E-state index is -0.830. The molecular formula is C23H26N2O4. The molecule has 0 aromatic heterocycles. The molecule has 0 fully saturated rings. The lowest BCUT2D eigenvalue weighted by Crippen LogP contribution is -2.53. The summed E-state index contributed by atoms with van der Waals surface area (Å²) in [6.45, 7) is 4.25. The molecule has 3 rings (SSSR count). The molecule has 6 nitrogen and oxygen atoms in total. The Bertz CT molecular complexity index is 872. The molecule has 0 bridgehead atoms. The number of hydrogen-bond acceptors (Lipinski definition) is 4. The van der Waals surface area contributed by atoms with Crippen LogP contribution in [0.3, 0.4) is 0 Å². The molecule has 0 spiro atoms. The van der Waals surface area contributed by atoms with Crippen molar-refractivity contribution in [2.45, 2.75) is 32.7 Å². The first-order valence-corrected chi connectivity index (χ1v) is 9.85. The van der Waals surface area contributed by atoms with Gasteiger partial charge < -0.3 is 10.1 Å². The molecule has 1 heterocycles. The van der Waals surface area contributed by atoms with Crippen LogP contribution in [0.4, 0.5) is 0 Å². The second kappa shape index (κ2) is 8.90. The summed E-state index contributed by atoms with van der Waals surface area (Å²) in [7, 11) is 1.61. The lowest BCUT2D eigenvalue weighted by Gasteiger charge is -2.29. The van der Waals surface area contributed by atoms with E-state index < -0.39 is 17.9 Å². The number of carbonyl (C=O) groups excluding carboxylic acids is 3. The number of nitrogens with one attached hydrogen (secondary N) is 1. The van der Waals surface area contributed by atoms with Crippen LogP contribution >= 0.6 is 0 Å². The van der Waals surface area contributed by atoms with Gasteiger partial charge in [0.25, 0.3) is 11.8 Å². The molecule has 0 saturated carbocycles. The number of fused-ring (bicyclic) bond motifs is 1. The minimum absolute atomic E-state index is 0.154. The SMILES string of the molecule is CCC(C)C(C(=O)NCCc1ccc(OC)cc1)N1C(=O)c2ccccc2C1=O. The highest BCUT2D eigenvalue weighted by atomic mass is 16.5. The molecule has 29 heavy (non-hydrogen) atoms. The van der Waals surface area contributed by atoms with Crippen molar-refractivity contribution >= 4 is 17.7 Å². The summed E-state index contributed by atoms with van der Waals surface area (Å²) in [6, 6.07) is 13.5. The van der Waals surface area contributed by atoms with Crippen molar-refractivity contribution < 1.29 is 19.1 Å². The number of hydrogen-bond donors (Lipinski definition) is 1. The fourth-order valence-electron chi connectivity index (χ4n) is 3.54. The third kappa shape index (κ3) is 4.16. The summed E-state index contributed by atoms with van der Waals surface area (Å²) >= 11 is 0. The van der Waals surface area contributed by atoms with E-state index in [1.807, 2.05) is 38.1 Å². The molecule has 6 heteroatoms. The maximum absolute atomic E-state index is 13.0. The van der Waals surface area contributed by atoms with E-state index in [4.69, 9.17) is 4.74 Å². The largest absolute Gasteiger partial charge is 0.497 e. The van der Waals surface area contributed by atoms with Crippen molar-refractivity contribution in [1.82, 2.24) is 10.2 Å². The summed E-state index contributed by atoms with van der Waals surface area (Å²) in [6.07, 6.45) is 1.31. The molecule has 2 aromatic rings. The molecular weight excluding hydrogens is 368 g/mol. The first-order chi connectivity index (χ1) is 14.0. The lowest BCUT2D eigenvalue weighted by atomic mass is 9.96. The number of benzene rings is 2. The molecule has 152 valence electrons. The van der Waals surface area contributed by atoms with Crippen LogP contribution in [-0.2, 0) is 11.2 Å². The summed E-state index contributed by atoms with van der Waals surface area (Å²) in [5.74, 6) is -0.483. The molecule has 0 radical (unpaired) electrons. The Hall–Kier alpha value is -3.15. The van der Waals surface area contributed by atoms with Crippen molar-refractivity contribution in [2.24, 2.45) is 5.92 Å². The molecule has 1 aliphatic heterocycles. The minimum Gasteiger partial charge on any atom is -0.497 e. The Morgan fingerprint density at radius 2 is 1.62 bits per heavy atom. The number of nitrogens with zero attached hydrogens (tertiary/aromatic N) is 1. The van der Waals surface area contributed by atoms with Crippen molar-refractivity contribution in [2.75, 3.05) is 13.7 Å². The highest BCUT2D eigenvalue weighted by molar-refractivity contribution is 6.22. The highest BCUT2D eigenvalue weighted by Crippen LogP contribution is 2.28. The summed E-state index contributed by atoms with van der Waals surface area (Å²) in [5, 5.41) is 2.90. The average molecular weight is 394 g/mol. The van der Waals surface area contributed by atoms with E-state index in [0.29, 0.717) is 30.5 Å². The Balaban J connectivity index is 1.71. The number of rotatable bonds is 8. The van der Waals surface area contributed by atoms with Crippen LogP contribution < -0.4 is 10.1 Å². The van der Waals surface area contributed by atoms with E-state index in [-0.39, 0.29) is 11.8 Å². The van der Waals surface area contributed by atoms with Gasteiger partial charge >= 0.3 is 0 Å². The fourth-order valence-corrected chi connectivity index (χ4v) is 3.54. The van der Waals surface area contributed by atoms with Crippen molar-refractivity contribution in [3.05, 3.63) is 65.2 Å². The maximum Gasteiger partial charge on any atom is 0.262 e. The van der Waals surface area contributed by atoms with E-state index in [9.17, 15) is 14.4 Å². The molecule has 2 aromatic carbocycles. The normalized spacial score (nSPS) is 15.1. The number of methoxy groups -OCH3 is 1. The van der Waals surface area contributed by atoms with Gasteiger partial charge in [-0.1, -0.05) is 44.5 Å². The van der Waals surface area contributed by atoms with Crippen LogP contribution in [0.2, 0.25) is 0 Å². The van der Waals surface area contributed by atoms with Gasteiger partial charge in [0.05, 0.1) is 18.2 Å². The Morgan fingerprint density at radius 1 is 1.03 bits per heavy atom.